The number of benzene rings is 2. The quantitative estimate of drug-likeness (QED) is 0.413. The van der Waals surface area contributed by atoms with Crippen molar-refractivity contribution in [3.05, 3.63) is 78.5 Å². The summed E-state index contributed by atoms with van der Waals surface area (Å²) in [4.78, 5) is 10.5. The Morgan fingerprint density at radius 1 is 0.935 bits per heavy atom. The Bertz CT molecular complexity index is 1170. The third-order valence-corrected chi connectivity index (χ3v) is 7.04. The summed E-state index contributed by atoms with van der Waals surface area (Å²) in [5.74, 6) is 1.03. The van der Waals surface area contributed by atoms with Gasteiger partial charge in [0.1, 0.15) is 5.01 Å². The summed E-state index contributed by atoms with van der Waals surface area (Å²) in [5, 5.41) is 11.0. The van der Waals surface area contributed by atoms with Crippen LogP contribution in [-0.2, 0) is 0 Å². The molecule has 156 valence electrons. The Kier molecular flexibility index (Phi) is 5.08. The van der Waals surface area contributed by atoms with E-state index in [2.05, 4.69) is 53.5 Å². The van der Waals surface area contributed by atoms with Crippen LogP contribution in [-0.4, -0.2) is 27.8 Å². The number of ether oxygens (including phenoxy) is 1. The molecule has 1 fully saturated rings. The lowest BCUT2D eigenvalue weighted by Gasteiger charge is -2.41. The van der Waals surface area contributed by atoms with Gasteiger partial charge in [-0.1, -0.05) is 54.6 Å². The van der Waals surface area contributed by atoms with E-state index < -0.39 is 5.60 Å². The van der Waals surface area contributed by atoms with Gasteiger partial charge in [-0.05, 0) is 42.9 Å². The second-order valence-electron chi connectivity index (χ2n) is 8.38. The van der Waals surface area contributed by atoms with Crippen LogP contribution in [0.15, 0.2) is 72.9 Å². The molecule has 0 unspecified atom stereocenters. The topological polar surface area (TPSA) is 55.2 Å². The highest BCUT2D eigenvalue weighted by Gasteiger charge is 2.38. The Morgan fingerprint density at radius 2 is 1.65 bits per heavy atom. The summed E-state index contributed by atoms with van der Waals surface area (Å²) in [6.45, 7) is 1.91. The first-order chi connectivity index (χ1) is 15.0. The highest BCUT2D eigenvalue weighted by molar-refractivity contribution is 7.19. The molecule has 4 nitrogen and oxygen atoms in total. The number of hydrogen-bond acceptors (Lipinski definition) is 5. The van der Waals surface area contributed by atoms with Crippen molar-refractivity contribution in [2.45, 2.75) is 31.3 Å². The van der Waals surface area contributed by atoms with Gasteiger partial charge in [0.15, 0.2) is 0 Å². The normalized spacial score (nSPS) is 20.3. The van der Waals surface area contributed by atoms with Crippen molar-refractivity contribution in [1.29, 1.82) is 0 Å². The molecule has 1 saturated carbocycles. The third-order valence-electron chi connectivity index (χ3n) is 5.88. The molecule has 2 aromatic heterocycles. The predicted octanol–water partition coefficient (Wildman–Crippen LogP) is 6.18. The van der Waals surface area contributed by atoms with Gasteiger partial charge in [0, 0.05) is 23.4 Å². The van der Waals surface area contributed by atoms with Crippen LogP contribution in [0.3, 0.4) is 0 Å². The van der Waals surface area contributed by atoms with Crippen molar-refractivity contribution in [3.63, 3.8) is 0 Å². The highest BCUT2D eigenvalue weighted by atomic mass is 32.1. The molecule has 0 radical (unpaired) electrons. The summed E-state index contributed by atoms with van der Waals surface area (Å²) in [6.07, 6.45) is 3.46. The molecule has 1 aliphatic rings. The molecular weight excluding hydrogens is 404 g/mol. The van der Waals surface area contributed by atoms with Crippen molar-refractivity contribution < 1.29 is 9.84 Å². The van der Waals surface area contributed by atoms with Crippen molar-refractivity contribution in [3.8, 4) is 38.1 Å². The van der Waals surface area contributed by atoms with Crippen LogP contribution in [0.25, 0.3) is 32.3 Å². The minimum Gasteiger partial charge on any atom is -0.481 e. The fourth-order valence-electron chi connectivity index (χ4n) is 4.20. The van der Waals surface area contributed by atoms with E-state index in [9.17, 15) is 5.11 Å². The molecular formula is C26H24N2O2S. The zero-order valence-electron chi connectivity index (χ0n) is 17.6. The summed E-state index contributed by atoms with van der Waals surface area (Å²) >= 11 is 1.67. The molecule has 2 heterocycles. The van der Waals surface area contributed by atoms with Crippen LogP contribution in [0.4, 0.5) is 0 Å². The average Bonchev–Trinajstić information content (AvgIpc) is 3.24. The summed E-state index contributed by atoms with van der Waals surface area (Å²) in [5.41, 5.74) is 4.97. The molecule has 0 bridgehead atoms. The smallest absolute Gasteiger partial charge is 0.212 e. The molecule has 0 saturated heterocycles. The standard InChI is InChI=1S/C26H24N2O2S/c1-26(29)14-21(15-26)17-8-10-18(11-9-17)23-24(19-6-4-3-5-7-19)31-25(28-23)20-12-13-22(30-2)27-16-20/h3-13,16,21,29H,14-15H2,1-2H3/t21-,26-. The number of thiazole rings is 1. The van der Waals surface area contributed by atoms with E-state index in [1.165, 1.54) is 5.56 Å². The Balaban J connectivity index is 1.53. The SMILES string of the molecule is COc1ccc(-c2nc(-c3ccc([C@H]4C[C@](C)(O)C4)cc3)c(-c3ccccc3)s2)cn1. The van der Waals surface area contributed by atoms with Gasteiger partial charge in [0.2, 0.25) is 5.88 Å². The van der Waals surface area contributed by atoms with Gasteiger partial charge in [-0.2, -0.15) is 0 Å². The first-order valence-electron chi connectivity index (χ1n) is 10.4. The van der Waals surface area contributed by atoms with Gasteiger partial charge in [-0.3, -0.25) is 0 Å². The zero-order valence-corrected chi connectivity index (χ0v) is 18.4. The van der Waals surface area contributed by atoms with Crippen molar-refractivity contribution in [1.82, 2.24) is 9.97 Å². The molecule has 5 rings (SSSR count). The van der Waals surface area contributed by atoms with Gasteiger partial charge in [0.25, 0.3) is 0 Å². The van der Waals surface area contributed by atoms with Gasteiger partial charge >= 0.3 is 0 Å². The number of nitrogens with zero attached hydrogens (tertiary/aromatic N) is 2. The number of aliphatic hydroxyl groups is 1. The van der Waals surface area contributed by atoms with E-state index in [1.54, 1.807) is 18.4 Å². The Labute approximate surface area is 186 Å². The Hall–Kier alpha value is -3.02. The number of methoxy groups -OCH3 is 1. The predicted molar refractivity (Wildman–Crippen MR) is 125 cm³/mol. The molecule has 2 aromatic carbocycles. The maximum Gasteiger partial charge on any atom is 0.212 e. The van der Waals surface area contributed by atoms with Gasteiger partial charge in [-0.25, -0.2) is 9.97 Å². The number of aromatic nitrogens is 2. The Morgan fingerprint density at radius 3 is 2.26 bits per heavy atom. The van der Waals surface area contributed by atoms with Crippen LogP contribution in [0.1, 0.15) is 31.2 Å². The lowest BCUT2D eigenvalue weighted by molar-refractivity contribution is -0.0313. The van der Waals surface area contributed by atoms with E-state index in [1.807, 2.05) is 31.3 Å². The average molecular weight is 429 g/mol. The van der Waals surface area contributed by atoms with Gasteiger partial charge < -0.3 is 9.84 Å². The first-order valence-corrected chi connectivity index (χ1v) is 11.2. The van der Waals surface area contributed by atoms with E-state index in [0.717, 1.165) is 45.1 Å². The maximum atomic E-state index is 10.1. The second-order valence-corrected chi connectivity index (χ2v) is 9.38. The minimum atomic E-state index is -0.514. The fourth-order valence-corrected chi connectivity index (χ4v) is 5.29. The van der Waals surface area contributed by atoms with Crippen LogP contribution in [0, 0.1) is 0 Å². The van der Waals surface area contributed by atoms with Crippen molar-refractivity contribution >= 4 is 11.3 Å². The first kappa shape index (κ1) is 19.9. The largest absolute Gasteiger partial charge is 0.481 e. The summed E-state index contributed by atoms with van der Waals surface area (Å²) in [7, 11) is 1.62. The summed E-state index contributed by atoms with van der Waals surface area (Å²) < 4.78 is 5.19. The molecule has 0 amide bonds. The zero-order chi connectivity index (χ0) is 21.4. The molecule has 31 heavy (non-hydrogen) atoms. The molecule has 0 spiro atoms. The number of rotatable bonds is 5. The molecule has 1 aliphatic carbocycles. The van der Waals surface area contributed by atoms with Gasteiger partial charge in [-0.15, -0.1) is 11.3 Å². The third kappa shape index (κ3) is 3.99. The number of pyridine rings is 1. The lowest BCUT2D eigenvalue weighted by atomic mass is 9.69. The highest BCUT2D eigenvalue weighted by Crippen LogP contribution is 2.45. The van der Waals surface area contributed by atoms with Crippen LogP contribution in [0.2, 0.25) is 0 Å². The molecule has 0 aliphatic heterocycles. The van der Waals surface area contributed by atoms with E-state index in [0.29, 0.717) is 11.8 Å². The molecule has 4 aromatic rings. The molecule has 1 N–H and O–H groups in total. The lowest BCUT2D eigenvalue weighted by Crippen LogP contribution is -2.39. The molecule has 0 atom stereocenters. The summed E-state index contributed by atoms with van der Waals surface area (Å²) in [6, 6.07) is 22.9. The minimum absolute atomic E-state index is 0.439. The fraction of sp³-hybridized carbons (Fsp3) is 0.231. The monoisotopic (exact) mass is 428 g/mol. The van der Waals surface area contributed by atoms with E-state index >= 15 is 0 Å². The molecule has 5 heteroatoms. The van der Waals surface area contributed by atoms with Crippen molar-refractivity contribution in [2.75, 3.05) is 7.11 Å². The maximum absolute atomic E-state index is 10.1. The van der Waals surface area contributed by atoms with Crippen molar-refractivity contribution in [2.24, 2.45) is 0 Å². The number of hydrogen-bond donors (Lipinski definition) is 1. The van der Waals surface area contributed by atoms with E-state index in [-0.39, 0.29) is 0 Å². The van der Waals surface area contributed by atoms with Crippen LogP contribution in [0.5, 0.6) is 5.88 Å². The van der Waals surface area contributed by atoms with Crippen LogP contribution >= 0.6 is 11.3 Å². The van der Waals surface area contributed by atoms with E-state index in [4.69, 9.17) is 9.72 Å². The van der Waals surface area contributed by atoms with Gasteiger partial charge in [0.05, 0.1) is 23.3 Å². The van der Waals surface area contributed by atoms with Crippen LogP contribution < -0.4 is 4.74 Å². The second kappa shape index (κ2) is 7.91.